The van der Waals surface area contributed by atoms with Crippen molar-refractivity contribution in [3.05, 3.63) is 64.0 Å². The fourth-order valence-electron chi connectivity index (χ4n) is 5.91. The molecule has 41 heavy (non-hydrogen) atoms. The number of hydrogen-bond donors (Lipinski definition) is 1. The van der Waals surface area contributed by atoms with Crippen LogP contribution in [0.2, 0.25) is 18.1 Å². The molecule has 1 N–H and O–H groups in total. The Hall–Kier alpha value is -2.16. The van der Waals surface area contributed by atoms with Crippen molar-refractivity contribution in [1.29, 1.82) is 0 Å². The summed E-state index contributed by atoms with van der Waals surface area (Å²) in [5.41, 5.74) is 6.47. The number of aromatic nitrogens is 1. The van der Waals surface area contributed by atoms with Gasteiger partial charge in [-0.05, 0) is 90.4 Å². The van der Waals surface area contributed by atoms with E-state index < -0.39 is 20.8 Å². The molecule has 8 heteroatoms. The average molecular weight is 590 g/mol. The number of nitrogens with zero attached hydrogens (tertiary/aromatic N) is 1. The van der Waals surface area contributed by atoms with Crippen LogP contribution in [0.1, 0.15) is 126 Å². The molecular formula is C33H46F3NO3Si. The molecule has 0 saturated heterocycles. The van der Waals surface area contributed by atoms with E-state index in [1.54, 1.807) is 0 Å². The number of hydrogen-bond acceptors (Lipinski definition) is 4. The van der Waals surface area contributed by atoms with Gasteiger partial charge < -0.3 is 14.3 Å². The van der Waals surface area contributed by atoms with Crippen molar-refractivity contribution in [1.82, 2.24) is 4.98 Å². The summed E-state index contributed by atoms with van der Waals surface area (Å²) in [6.07, 6.45) is 0.875. The lowest BCUT2D eigenvalue weighted by Gasteiger charge is -2.45. The van der Waals surface area contributed by atoms with Crippen molar-refractivity contribution in [3.8, 4) is 5.75 Å². The number of alkyl halides is 3. The molecule has 0 spiro atoms. The monoisotopic (exact) mass is 589 g/mol. The van der Waals surface area contributed by atoms with Crippen LogP contribution in [0, 0.1) is 5.41 Å². The second-order valence-corrected chi connectivity index (χ2v) is 19.1. The second-order valence-electron chi connectivity index (χ2n) is 14.4. The average Bonchev–Trinajstić information content (AvgIpc) is 3.35. The zero-order chi connectivity index (χ0) is 30.5. The van der Waals surface area contributed by atoms with Crippen molar-refractivity contribution in [2.45, 2.75) is 123 Å². The Morgan fingerprint density at radius 3 is 2.22 bits per heavy atom. The van der Waals surface area contributed by atoms with E-state index in [9.17, 15) is 18.3 Å². The van der Waals surface area contributed by atoms with Gasteiger partial charge in [-0.25, -0.2) is 0 Å². The van der Waals surface area contributed by atoms with Gasteiger partial charge in [0, 0.05) is 22.5 Å². The predicted molar refractivity (Wildman–Crippen MR) is 160 cm³/mol. The molecular weight excluding hydrogens is 543 g/mol. The molecule has 0 aliphatic heterocycles. The molecule has 0 radical (unpaired) electrons. The number of aliphatic hydroxyl groups is 1. The minimum absolute atomic E-state index is 0.00292. The van der Waals surface area contributed by atoms with Gasteiger partial charge in [0.1, 0.15) is 11.9 Å². The number of benzene rings is 1. The molecule has 2 unspecified atom stereocenters. The Labute approximate surface area is 244 Å². The number of rotatable bonds is 7. The molecule has 0 bridgehead atoms. The molecule has 0 saturated carbocycles. The molecule has 226 valence electrons. The maximum atomic E-state index is 12.8. The van der Waals surface area contributed by atoms with E-state index in [-0.39, 0.29) is 28.2 Å². The first-order chi connectivity index (χ1) is 18.8. The van der Waals surface area contributed by atoms with Crippen LogP contribution in [0.15, 0.2) is 30.3 Å². The van der Waals surface area contributed by atoms with E-state index in [4.69, 9.17) is 9.41 Å². The van der Waals surface area contributed by atoms with Crippen molar-refractivity contribution in [2.75, 3.05) is 0 Å². The van der Waals surface area contributed by atoms with Gasteiger partial charge in [0.2, 0.25) is 0 Å². The minimum atomic E-state index is -4.78. The summed E-state index contributed by atoms with van der Waals surface area (Å²) >= 11 is 0. The highest BCUT2D eigenvalue weighted by atomic mass is 28.4. The fraction of sp³-hybridized carbons (Fsp3) is 0.606. The number of ether oxygens (including phenoxy) is 1. The smallest absolute Gasteiger partial charge is 0.410 e. The van der Waals surface area contributed by atoms with E-state index in [1.165, 1.54) is 29.8 Å². The van der Waals surface area contributed by atoms with Crippen LogP contribution in [-0.4, -0.2) is 24.8 Å². The van der Waals surface area contributed by atoms with Crippen molar-refractivity contribution >= 4 is 13.9 Å². The van der Waals surface area contributed by atoms with Crippen molar-refractivity contribution < 1.29 is 27.4 Å². The Morgan fingerprint density at radius 2 is 1.71 bits per heavy atom. The second kappa shape index (κ2) is 11.2. The highest BCUT2D eigenvalue weighted by molar-refractivity contribution is 6.74. The Bertz CT molecular complexity index is 1290. The highest BCUT2D eigenvalue weighted by Gasteiger charge is 2.45. The summed E-state index contributed by atoms with van der Waals surface area (Å²) in [7, 11) is -2.17. The van der Waals surface area contributed by atoms with Crippen LogP contribution < -0.4 is 4.74 Å². The maximum Gasteiger partial charge on any atom is 0.573 e. The van der Waals surface area contributed by atoms with E-state index in [2.05, 4.69) is 72.4 Å². The first kappa shape index (κ1) is 31.8. The number of halogens is 3. The third kappa shape index (κ3) is 6.91. The third-order valence-electron chi connectivity index (χ3n) is 8.94. The van der Waals surface area contributed by atoms with Crippen LogP contribution in [0.25, 0.3) is 5.57 Å². The number of pyridine rings is 1. The fourth-order valence-corrected chi connectivity index (χ4v) is 7.17. The van der Waals surface area contributed by atoms with Crippen LogP contribution in [0.5, 0.6) is 5.75 Å². The molecule has 0 fully saturated rings. The van der Waals surface area contributed by atoms with Crippen LogP contribution >= 0.6 is 0 Å². The van der Waals surface area contributed by atoms with E-state index >= 15 is 0 Å². The first-order valence-electron chi connectivity index (χ1n) is 14.8. The predicted octanol–water partition coefficient (Wildman–Crippen LogP) is 9.79. The zero-order valence-electron chi connectivity index (χ0n) is 26.0. The lowest BCUT2D eigenvalue weighted by atomic mass is 9.71. The molecule has 2 aliphatic rings. The molecule has 0 amide bonds. The number of aliphatic hydroxyl groups excluding tert-OH is 1. The SMILES string of the molecule is CC(C)c1nc2c(c(C3=CCCC3)c1C(O)c1ccc(OC(F)(F)F)cc1)C(O[Si](C)(C)C(C)(C)C)CC(C)(C)C2. The number of fused-ring (bicyclic) bond motifs is 1. The molecule has 1 heterocycles. The van der Waals surface area contributed by atoms with Gasteiger partial charge in [-0.1, -0.05) is 66.7 Å². The molecule has 2 aliphatic carbocycles. The third-order valence-corrected chi connectivity index (χ3v) is 13.4. The lowest BCUT2D eigenvalue weighted by Crippen LogP contribution is -2.44. The molecule has 4 rings (SSSR count). The topological polar surface area (TPSA) is 51.6 Å². The summed E-state index contributed by atoms with van der Waals surface area (Å²) in [6.45, 7) is 20.0. The van der Waals surface area contributed by atoms with Crippen LogP contribution in [0.3, 0.4) is 0 Å². The summed E-state index contributed by atoms with van der Waals surface area (Å²) < 4.78 is 49.6. The van der Waals surface area contributed by atoms with Gasteiger partial charge >= 0.3 is 6.36 Å². The molecule has 2 atom stereocenters. The first-order valence-corrected chi connectivity index (χ1v) is 17.7. The van der Waals surface area contributed by atoms with Gasteiger partial charge in [-0.3, -0.25) is 4.98 Å². The minimum Gasteiger partial charge on any atom is -0.410 e. The van der Waals surface area contributed by atoms with E-state index in [0.717, 1.165) is 60.2 Å². The van der Waals surface area contributed by atoms with Gasteiger partial charge in [0.05, 0.1) is 6.10 Å². The molecule has 1 aromatic carbocycles. The summed E-state index contributed by atoms with van der Waals surface area (Å²) in [5.74, 6) is -0.284. The van der Waals surface area contributed by atoms with Gasteiger partial charge in [0.15, 0.2) is 8.32 Å². The summed E-state index contributed by atoms with van der Waals surface area (Å²) in [5, 5.41) is 12.0. The van der Waals surface area contributed by atoms with Crippen molar-refractivity contribution in [3.63, 3.8) is 0 Å². The lowest BCUT2D eigenvalue weighted by molar-refractivity contribution is -0.274. The molecule has 1 aromatic heterocycles. The van der Waals surface area contributed by atoms with E-state index in [0.29, 0.717) is 5.56 Å². The van der Waals surface area contributed by atoms with Crippen molar-refractivity contribution in [2.24, 2.45) is 5.41 Å². The molecule has 4 nitrogen and oxygen atoms in total. The van der Waals surface area contributed by atoms with Crippen LogP contribution in [0.4, 0.5) is 13.2 Å². The number of allylic oxidation sites excluding steroid dienone is 2. The molecule has 2 aromatic rings. The normalized spacial score (nSPS) is 20.1. The Morgan fingerprint density at radius 1 is 1.07 bits per heavy atom. The quantitative estimate of drug-likeness (QED) is 0.327. The Balaban J connectivity index is 1.95. The largest absolute Gasteiger partial charge is 0.573 e. The van der Waals surface area contributed by atoms with Gasteiger partial charge in [-0.15, -0.1) is 13.2 Å². The van der Waals surface area contributed by atoms with Gasteiger partial charge in [0.25, 0.3) is 0 Å². The van der Waals surface area contributed by atoms with Crippen LogP contribution in [-0.2, 0) is 10.8 Å². The zero-order valence-corrected chi connectivity index (χ0v) is 27.0. The Kier molecular flexibility index (Phi) is 8.64. The summed E-state index contributed by atoms with van der Waals surface area (Å²) in [4.78, 5) is 5.27. The highest BCUT2D eigenvalue weighted by Crippen LogP contribution is 2.52. The van der Waals surface area contributed by atoms with Gasteiger partial charge in [-0.2, -0.15) is 0 Å². The van der Waals surface area contributed by atoms with E-state index in [1.807, 2.05) is 0 Å². The summed E-state index contributed by atoms with van der Waals surface area (Å²) in [6, 6.07) is 5.53. The maximum absolute atomic E-state index is 12.8. The standard InChI is InChI=1S/C33H46F3NO3Si/c1-20(2)29-28(30(38)22-14-16-23(17-15-22)39-33(34,35)36)26(21-12-10-11-13-21)27-24(37-29)18-32(6,7)19-25(27)40-41(8,9)31(3,4)5/h12,14-17,20,25,30,38H,10-11,13,18-19H2,1-9H3.